The van der Waals surface area contributed by atoms with Gasteiger partial charge in [0.25, 0.3) is 11.8 Å². The molecule has 1 aromatic carbocycles. The normalized spacial score (nSPS) is 19.9. The van der Waals surface area contributed by atoms with Gasteiger partial charge in [0.15, 0.2) is 0 Å². The zero-order chi connectivity index (χ0) is 34.9. The molecule has 2 aromatic rings. The maximum absolute atomic E-state index is 14.8. The molecule has 3 amide bonds. The molecule has 47 heavy (non-hydrogen) atoms. The van der Waals surface area contributed by atoms with Crippen molar-refractivity contribution in [2.24, 2.45) is 11.8 Å². The summed E-state index contributed by atoms with van der Waals surface area (Å²) in [7, 11) is 0. The third kappa shape index (κ3) is 9.40. The molecule has 3 aliphatic rings. The molecule has 0 spiro atoms. The molecule has 5 rings (SSSR count). The molecule has 2 N–H and O–H groups in total. The van der Waals surface area contributed by atoms with Gasteiger partial charge in [-0.25, -0.2) is 13.2 Å². The maximum atomic E-state index is 14.8. The van der Waals surface area contributed by atoms with Gasteiger partial charge in [0, 0.05) is 22.0 Å². The van der Waals surface area contributed by atoms with Crippen molar-refractivity contribution in [1.29, 1.82) is 0 Å². The molecule has 2 saturated carbocycles. The highest BCUT2D eigenvalue weighted by molar-refractivity contribution is 5.98. The van der Waals surface area contributed by atoms with E-state index in [1.807, 2.05) is 5.32 Å². The zero-order valence-electron chi connectivity index (χ0n) is 25.5. The number of benzene rings is 1. The second kappa shape index (κ2) is 13.7. The predicted octanol–water partition coefficient (Wildman–Crippen LogP) is 7.02. The lowest BCUT2D eigenvalue weighted by atomic mass is 9.93. The first kappa shape index (κ1) is 36.1. The third-order valence-electron chi connectivity index (χ3n) is 8.21. The van der Waals surface area contributed by atoms with Crippen LogP contribution < -0.4 is 10.6 Å². The summed E-state index contributed by atoms with van der Waals surface area (Å²) in [5, 5.41) is 7.89. The first-order valence-electron chi connectivity index (χ1n) is 15.1. The Kier molecular flexibility index (Phi) is 10.5. The summed E-state index contributed by atoms with van der Waals surface area (Å²) in [4.78, 5) is 36.9. The molecule has 0 bridgehead atoms. The highest BCUT2D eigenvalue weighted by Crippen LogP contribution is 2.45. The SMILES string of the molecule is C1CC1CC1CC1.CCn1nccc1C(=O)NCC(=O)Nc1cc(C(F)(F)F)c(C(C)C(=O)N2CC(F)(F)CC2C(F)(F)F)cc1F.[HH].[HH]. The number of rotatable bonds is 9. The molecule has 2 atom stereocenters. The van der Waals surface area contributed by atoms with Crippen LogP contribution in [0.25, 0.3) is 0 Å². The van der Waals surface area contributed by atoms with Crippen molar-refractivity contribution in [3.8, 4) is 0 Å². The minimum Gasteiger partial charge on any atom is -0.342 e. The summed E-state index contributed by atoms with van der Waals surface area (Å²) < 4.78 is 125. The number of nitrogens with zero attached hydrogens (tertiary/aromatic N) is 3. The van der Waals surface area contributed by atoms with E-state index in [2.05, 4.69) is 10.4 Å². The zero-order valence-corrected chi connectivity index (χ0v) is 25.5. The Labute approximate surface area is 267 Å². The number of anilines is 1. The van der Waals surface area contributed by atoms with Crippen LogP contribution in [-0.2, 0) is 22.3 Å². The van der Waals surface area contributed by atoms with E-state index in [1.165, 1.54) is 28.8 Å². The van der Waals surface area contributed by atoms with Gasteiger partial charge in [0.05, 0.1) is 30.3 Å². The van der Waals surface area contributed by atoms with E-state index in [0.29, 0.717) is 6.54 Å². The lowest BCUT2D eigenvalue weighted by Gasteiger charge is -2.29. The van der Waals surface area contributed by atoms with E-state index in [1.54, 1.807) is 39.0 Å². The number of aryl methyl sites for hydroxylation is 1. The standard InChI is InChI=1S/C23H22F9N5O3.C7H12.2H2/c1-3-37-16(4-5-34-37)19(39)33-9-18(38)35-15-7-13(22(27,28)29)12(6-14(15)24)11(2)20(40)36-10-21(25,26)8-17(36)23(30,31)32;1-2-6(1)5-7-3-4-7;;/h4-7,11,17H,3,8-10H2,1-2H3,(H,33,39)(H,35,38);6-7H,1-5H2;2*1H. The van der Waals surface area contributed by atoms with E-state index in [4.69, 9.17) is 0 Å². The molecular weight excluding hydrogens is 649 g/mol. The average Bonchev–Trinajstić information content (AvgIpc) is 3.90. The number of carbonyl (C=O) groups is 3. The van der Waals surface area contributed by atoms with Gasteiger partial charge < -0.3 is 15.5 Å². The molecule has 0 radical (unpaired) electrons. The highest BCUT2D eigenvalue weighted by Gasteiger charge is 2.58. The molecule has 1 saturated heterocycles. The van der Waals surface area contributed by atoms with Crippen molar-refractivity contribution >= 4 is 23.4 Å². The van der Waals surface area contributed by atoms with Crippen LogP contribution in [0.4, 0.5) is 45.2 Å². The number of amides is 3. The highest BCUT2D eigenvalue weighted by atomic mass is 19.4. The smallest absolute Gasteiger partial charge is 0.342 e. The van der Waals surface area contributed by atoms with Crippen molar-refractivity contribution in [2.45, 2.75) is 89.2 Å². The molecular formula is C30H38F9N5O3. The first-order valence-corrected chi connectivity index (χ1v) is 15.1. The summed E-state index contributed by atoms with van der Waals surface area (Å²) >= 11 is 0. The number of nitrogens with one attached hydrogen (secondary N) is 2. The summed E-state index contributed by atoms with van der Waals surface area (Å²) in [6, 6.07) is -1.29. The maximum Gasteiger partial charge on any atom is 0.416 e. The Hall–Kier alpha value is -3.79. The third-order valence-corrected chi connectivity index (χ3v) is 8.21. The summed E-state index contributed by atoms with van der Waals surface area (Å²) in [5.74, 6) is -8.77. The molecule has 1 aliphatic heterocycles. The minimum atomic E-state index is -5.29. The molecule has 1 aromatic heterocycles. The van der Waals surface area contributed by atoms with Crippen molar-refractivity contribution in [3.05, 3.63) is 47.0 Å². The fourth-order valence-corrected chi connectivity index (χ4v) is 5.41. The average molecular weight is 688 g/mol. The van der Waals surface area contributed by atoms with Crippen LogP contribution in [0.2, 0.25) is 0 Å². The Morgan fingerprint density at radius 1 is 1.06 bits per heavy atom. The van der Waals surface area contributed by atoms with Crippen molar-refractivity contribution in [2.75, 3.05) is 18.4 Å². The van der Waals surface area contributed by atoms with Gasteiger partial charge in [-0.05, 0) is 55.9 Å². The number of aromatic nitrogens is 2. The van der Waals surface area contributed by atoms with Crippen molar-refractivity contribution in [3.63, 3.8) is 0 Å². The van der Waals surface area contributed by atoms with Crippen LogP contribution in [0.15, 0.2) is 24.4 Å². The predicted molar refractivity (Wildman–Crippen MR) is 154 cm³/mol. The second-order valence-electron chi connectivity index (χ2n) is 12.1. The van der Waals surface area contributed by atoms with Crippen LogP contribution in [0, 0.1) is 17.7 Å². The molecule has 2 heterocycles. The fourth-order valence-electron chi connectivity index (χ4n) is 5.41. The monoisotopic (exact) mass is 687 g/mol. The number of alkyl halides is 8. The summed E-state index contributed by atoms with van der Waals surface area (Å²) in [6.07, 6.45) is -3.23. The number of halogens is 9. The Morgan fingerprint density at radius 2 is 1.68 bits per heavy atom. The van der Waals surface area contributed by atoms with Gasteiger partial charge >= 0.3 is 12.4 Å². The van der Waals surface area contributed by atoms with Crippen LogP contribution >= 0.6 is 0 Å². The quantitative estimate of drug-likeness (QED) is 0.277. The fraction of sp³-hybridized carbons (Fsp3) is 0.600. The minimum absolute atomic E-state index is 0. The van der Waals surface area contributed by atoms with E-state index in [-0.39, 0.29) is 25.6 Å². The van der Waals surface area contributed by atoms with E-state index in [9.17, 15) is 53.9 Å². The van der Waals surface area contributed by atoms with Gasteiger partial charge in [-0.3, -0.25) is 19.1 Å². The van der Waals surface area contributed by atoms with E-state index < -0.39 is 90.1 Å². The van der Waals surface area contributed by atoms with Crippen LogP contribution in [0.5, 0.6) is 0 Å². The number of carbonyl (C=O) groups excluding carboxylic acids is 3. The van der Waals surface area contributed by atoms with Crippen LogP contribution in [-0.4, -0.2) is 63.6 Å². The summed E-state index contributed by atoms with van der Waals surface area (Å²) in [5.41, 5.74) is -3.73. The summed E-state index contributed by atoms with van der Waals surface area (Å²) in [6.45, 7) is 0.268. The van der Waals surface area contributed by atoms with Crippen molar-refractivity contribution < 1.29 is 56.8 Å². The molecule has 264 valence electrons. The molecule has 2 unspecified atom stereocenters. The van der Waals surface area contributed by atoms with Gasteiger partial charge in [0.1, 0.15) is 17.6 Å². The Bertz CT molecular complexity index is 1470. The van der Waals surface area contributed by atoms with Crippen LogP contribution in [0.3, 0.4) is 0 Å². The Morgan fingerprint density at radius 3 is 2.21 bits per heavy atom. The molecule has 3 fully saturated rings. The van der Waals surface area contributed by atoms with Crippen LogP contribution in [0.1, 0.15) is 82.8 Å². The number of hydrogen-bond acceptors (Lipinski definition) is 4. The second-order valence-corrected chi connectivity index (χ2v) is 12.1. The molecule has 17 heteroatoms. The van der Waals surface area contributed by atoms with Gasteiger partial charge in [0.2, 0.25) is 11.8 Å². The lowest BCUT2D eigenvalue weighted by molar-refractivity contribution is -0.184. The van der Waals surface area contributed by atoms with Crippen molar-refractivity contribution in [1.82, 2.24) is 20.0 Å². The largest absolute Gasteiger partial charge is 0.416 e. The van der Waals surface area contributed by atoms with Gasteiger partial charge in [-0.2, -0.15) is 31.4 Å². The topological polar surface area (TPSA) is 96.3 Å². The van der Waals surface area contributed by atoms with Gasteiger partial charge in [-0.15, -0.1) is 0 Å². The first-order chi connectivity index (χ1) is 21.8. The molecule has 8 nitrogen and oxygen atoms in total. The van der Waals surface area contributed by atoms with Gasteiger partial charge in [-0.1, -0.05) is 25.7 Å². The number of likely N-dealkylation sites (tertiary alicyclic amines) is 1. The van der Waals surface area contributed by atoms with E-state index in [0.717, 1.165) is 6.92 Å². The lowest BCUT2D eigenvalue weighted by Crippen LogP contribution is -2.46. The van der Waals surface area contributed by atoms with E-state index >= 15 is 0 Å². The molecule has 2 aliphatic carbocycles. The number of hydrogen-bond donors (Lipinski definition) is 2. The Balaban J connectivity index is 0.000000810.